The summed E-state index contributed by atoms with van der Waals surface area (Å²) in [5.41, 5.74) is 5.32. The summed E-state index contributed by atoms with van der Waals surface area (Å²) >= 11 is 0. The minimum atomic E-state index is -4.37. The molecule has 0 aliphatic rings. The number of ether oxygens (including phenoxy) is 2. The maximum atomic E-state index is 12.5. The van der Waals surface area contributed by atoms with Crippen molar-refractivity contribution < 1.29 is 37.6 Å². The maximum Gasteiger partial charge on any atom is 0.472 e. The monoisotopic (exact) mass is 685 g/mol. The Morgan fingerprint density at radius 2 is 1.17 bits per heavy atom. The lowest BCUT2D eigenvalue weighted by Crippen LogP contribution is -2.29. The van der Waals surface area contributed by atoms with Crippen molar-refractivity contribution in [2.75, 3.05) is 26.4 Å². The van der Waals surface area contributed by atoms with E-state index in [9.17, 15) is 19.0 Å². The molecule has 0 bridgehead atoms. The largest absolute Gasteiger partial charge is 0.472 e. The van der Waals surface area contributed by atoms with E-state index in [0.29, 0.717) is 6.42 Å². The van der Waals surface area contributed by atoms with Crippen LogP contribution in [0.3, 0.4) is 0 Å². The first-order valence-electron chi connectivity index (χ1n) is 18.5. The molecule has 0 radical (unpaired) electrons. The third-order valence-electron chi connectivity index (χ3n) is 7.54. The van der Waals surface area contributed by atoms with Crippen LogP contribution in [0, 0.1) is 0 Å². The van der Waals surface area contributed by atoms with Gasteiger partial charge < -0.3 is 20.1 Å². The second-order valence-electron chi connectivity index (χ2n) is 12.1. The van der Waals surface area contributed by atoms with Crippen LogP contribution in [-0.4, -0.2) is 49.3 Å². The van der Waals surface area contributed by atoms with E-state index in [1.54, 1.807) is 0 Å². The molecule has 0 aromatic heterocycles. The molecule has 0 spiro atoms. The summed E-state index contributed by atoms with van der Waals surface area (Å²) in [4.78, 5) is 34.6. The van der Waals surface area contributed by atoms with Gasteiger partial charge in [0.1, 0.15) is 6.61 Å². The molecule has 1 unspecified atom stereocenters. The fraction of sp³-hybridized carbons (Fsp3) is 0.784. The van der Waals surface area contributed by atoms with Gasteiger partial charge in [0.05, 0.1) is 13.2 Å². The number of phosphoric acid groups is 1. The molecule has 0 aromatic carbocycles. The first-order valence-corrected chi connectivity index (χ1v) is 20.0. The summed E-state index contributed by atoms with van der Waals surface area (Å²) in [6.07, 6.45) is 34.6. The zero-order chi connectivity index (χ0) is 34.7. The molecule has 10 heteroatoms. The zero-order valence-corrected chi connectivity index (χ0v) is 30.7. The van der Waals surface area contributed by atoms with Crippen molar-refractivity contribution in [3.05, 3.63) is 36.5 Å². The molecular weight excluding hydrogens is 617 g/mol. The summed E-state index contributed by atoms with van der Waals surface area (Å²) in [5, 5.41) is 0. The molecule has 3 N–H and O–H groups in total. The number of carbonyl (C=O) groups is 2. The predicted octanol–water partition coefficient (Wildman–Crippen LogP) is 9.82. The highest BCUT2D eigenvalue weighted by atomic mass is 31.2. The topological polar surface area (TPSA) is 134 Å². The number of nitrogens with two attached hydrogens (primary N) is 1. The van der Waals surface area contributed by atoms with E-state index in [-0.39, 0.29) is 38.6 Å². The minimum Gasteiger partial charge on any atom is -0.462 e. The highest BCUT2D eigenvalue weighted by molar-refractivity contribution is 7.47. The first-order chi connectivity index (χ1) is 22.8. The Kier molecular flexibility index (Phi) is 32.8. The van der Waals surface area contributed by atoms with Crippen LogP contribution in [0.25, 0.3) is 0 Å². The molecule has 9 nitrogen and oxygen atoms in total. The van der Waals surface area contributed by atoms with E-state index in [1.165, 1.54) is 51.4 Å². The molecule has 0 heterocycles. The zero-order valence-electron chi connectivity index (χ0n) is 29.8. The van der Waals surface area contributed by atoms with E-state index >= 15 is 0 Å². The van der Waals surface area contributed by atoms with Gasteiger partial charge in [-0.1, -0.05) is 134 Å². The molecular formula is C37H68NO8P. The standard InChI is InChI=1S/C37H68NO8P/c1-3-5-7-9-11-13-15-16-17-18-20-22-24-26-28-30-37(40)46-35(34-45-47(41,42)44-32-31-38)33-43-36(39)29-27-25-23-21-19-14-12-10-8-6-4-2/h5,7,11,13,16-17,35H,3-4,6,8-10,12,14-15,18-34,38H2,1-2H3,(H,41,42)/b7-5+,13-11+,17-16+/t35-/m1/s1. The average Bonchev–Trinajstić information content (AvgIpc) is 3.05. The highest BCUT2D eigenvalue weighted by Crippen LogP contribution is 2.43. The van der Waals surface area contributed by atoms with Crippen molar-refractivity contribution in [3.63, 3.8) is 0 Å². The van der Waals surface area contributed by atoms with Gasteiger partial charge in [-0.2, -0.15) is 0 Å². The van der Waals surface area contributed by atoms with Crippen LogP contribution in [0.2, 0.25) is 0 Å². The quantitative estimate of drug-likeness (QED) is 0.0294. The number of rotatable bonds is 34. The van der Waals surface area contributed by atoms with Crippen molar-refractivity contribution in [2.24, 2.45) is 5.73 Å². The average molecular weight is 686 g/mol. The lowest BCUT2D eigenvalue weighted by Gasteiger charge is -2.19. The lowest BCUT2D eigenvalue weighted by molar-refractivity contribution is -0.161. The van der Waals surface area contributed by atoms with Crippen LogP contribution in [0.15, 0.2) is 36.5 Å². The predicted molar refractivity (Wildman–Crippen MR) is 192 cm³/mol. The van der Waals surface area contributed by atoms with E-state index in [2.05, 4.69) is 50.3 Å². The molecule has 0 amide bonds. The number of esters is 2. The normalized spacial score (nSPS) is 13.9. The van der Waals surface area contributed by atoms with Crippen molar-refractivity contribution in [2.45, 2.75) is 161 Å². The molecule has 0 fully saturated rings. The number of allylic oxidation sites excluding steroid dienone is 6. The molecule has 274 valence electrons. The Labute approximate surface area is 286 Å². The van der Waals surface area contributed by atoms with Crippen LogP contribution < -0.4 is 5.73 Å². The Balaban J connectivity index is 4.27. The van der Waals surface area contributed by atoms with Gasteiger partial charge in [-0.05, 0) is 44.9 Å². The van der Waals surface area contributed by atoms with E-state index in [0.717, 1.165) is 70.6 Å². The van der Waals surface area contributed by atoms with Gasteiger partial charge in [0, 0.05) is 19.4 Å². The third-order valence-corrected chi connectivity index (χ3v) is 8.52. The summed E-state index contributed by atoms with van der Waals surface area (Å²) in [5.74, 6) is -0.850. The van der Waals surface area contributed by atoms with Gasteiger partial charge in [0.25, 0.3) is 0 Å². The number of hydrogen-bond donors (Lipinski definition) is 2. The molecule has 0 aliphatic heterocycles. The first kappa shape index (κ1) is 45.2. The molecule has 2 atom stereocenters. The van der Waals surface area contributed by atoms with Crippen molar-refractivity contribution in [1.82, 2.24) is 0 Å². The SMILES string of the molecule is CC/C=C/C/C=C/C/C=C/CCCCCCCC(=O)O[C@H](COC(=O)CCCCCCCCCCCCC)COP(=O)(O)OCCN. The molecule has 0 saturated carbocycles. The summed E-state index contributed by atoms with van der Waals surface area (Å²) in [6.45, 7) is 3.57. The third kappa shape index (κ3) is 33.9. The fourth-order valence-corrected chi connectivity index (χ4v) is 5.59. The van der Waals surface area contributed by atoms with Crippen LogP contribution in [0.1, 0.15) is 155 Å². The van der Waals surface area contributed by atoms with Crippen LogP contribution in [0.4, 0.5) is 0 Å². The van der Waals surface area contributed by atoms with Crippen LogP contribution in [-0.2, 0) is 32.7 Å². The Bertz CT molecular complexity index is 876. The summed E-state index contributed by atoms with van der Waals surface area (Å²) in [6, 6.07) is 0. The van der Waals surface area contributed by atoms with Gasteiger partial charge in [-0.25, -0.2) is 4.57 Å². The minimum absolute atomic E-state index is 0.0503. The van der Waals surface area contributed by atoms with Gasteiger partial charge in [-0.15, -0.1) is 0 Å². The van der Waals surface area contributed by atoms with Gasteiger partial charge in [0.15, 0.2) is 6.10 Å². The molecule has 0 aromatic rings. The lowest BCUT2D eigenvalue weighted by atomic mass is 10.1. The van der Waals surface area contributed by atoms with Gasteiger partial charge >= 0.3 is 19.8 Å². The molecule has 0 rings (SSSR count). The number of hydrogen-bond acceptors (Lipinski definition) is 8. The molecule has 47 heavy (non-hydrogen) atoms. The van der Waals surface area contributed by atoms with Crippen molar-refractivity contribution >= 4 is 19.8 Å². The highest BCUT2D eigenvalue weighted by Gasteiger charge is 2.25. The second-order valence-corrected chi connectivity index (χ2v) is 13.5. The van der Waals surface area contributed by atoms with Gasteiger partial charge in [0.2, 0.25) is 0 Å². The Hall–Kier alpha value is -1.77. The van der Waals surface area contributed by atoms with E-state index in [4.69, 9.17) is 24.3 Å². The molecule has 0 saturated heterocycles. The second kappa shape index (κ2) is 34.1. The fourth-order valence-electron chi connectivity index (χ4n) is 4.82. The van der Waals surface area contributed by atoms with Crippen molar-refractivity contribution in [3.8, 4) is 0 Å². The smallest absolute Gasteiger partial charge is 0.462 e. The summed E-state index contributed by atoms with van der Waals surface area (Å²) in [7, 11) is -4.37. The number of unbranched alkanes of at least 4 members (excludes halogenated alkanes) is 15. The maximum absolute atomic E-state index is 12.5. The van der Waals surface area contributed by atoms with Crippen LogP contribution >= 0.6 is 7.82 Å². The Morgan fingerprint density at radius 1 is 0.660 bits per heavy atom. The molecule has 0 aliphatic carbocycles. The van der Waals surface area contributed by atoms with E-state index < -0.39 is 26.5 Å². The van der Waals surface area contributed by atoms with Crippen LogP contribution in [0.5, 0.6) is 0 Å². The Morgan fingerprint density at radius 3 is 1.74 bits per heavy atom. The van der Waals surface area contributed by atoms with E-state index in [1.807, 2.05) is 0 Å². The van der Waals surface area contributed by atoms with Crippen molar-refractivity contribution in [1.29, 1.82) is 0 Å². The number of carbonyl (C=O) groups excluding carboxylic acids is 2. The summed E-state index contributed by atoms with van der Waals surface area (Å²) < 4.78 is 32.6. The number of phosphoric ester groups is 1. The van der Waals surface area contributed by atoms with Gasteiger partial charge in [-0.3, -0.25) is 18.6 Å².